The van der Waals surface area contributed by atoms with Crippen molar-refractivity contribution in [2.75, 3.05) is 6.54 Å². The monoisotopic (exact) mass is 371 g/mol. The number of nitrogens with zero attached hydrogens (tertiary/aromatic N) is 5. The van der Waals surface area contributed by atoms with Gasteiger partial charge in [0, 0.05) is 54.2 Å². The van der Waals surface area contributed by atoms with Gasteiger partial charge in [-0.05, 0) is 28.9 Å². The fourth-order valence-electron chi connectivity index (χ4n) is 2.94. The number of halogens is 1. The Morgan fingerprint density at radius 3 is 2.96 bits per heavy atom. The van der Waals surface area contributed by atoms with Gasteiger partial charge in [0.15, 0.2) is 5.65 Å². The highest BCUT2D eigenvalue weighted by molar-refractivity contribution is 9.10. The minimum atomic E-state index is -0.0128. The third-order valence-corrected chi connectivity index (χ3v) is 4.44. The van der Waals surface area contributed by atoms with E-state index < -0.39 is 0 Å². The molecule has 6 nitrogen and oxygen atoms in total. The molecule has 0 spiro atoms. The van der Waals surface area contributed by atoms with Crippen LogP contribution < -0.4 is 0 Å². The molecule has 0 fully saturated rings. The standard InChI is InChI=1S/C16H14BrN5O/c1-10-4-15-19-7-12-9-21(3-2-14(12)22(15)20-10)16(23)11-5-13(17)8-18-6-11/h4-8H,2-3,9H2,1H3. The van der Waals surface area contributed by atoms with Crippen LogP contribution in [0.3, 0.4) is 0 Å². The van der Waals surface area contributed by atoms with Crippen LogP contribution in [-0.4, -0.2) is 36.9 Å². The lowest BCUT2D eigenvalue weighted by atomic mass is 10.1. The summed E-state index contributed by atoms with van der Waals surface area (Å²) in [6.07, 6.45) is 5.89. The Morgan fingerprint density at radius 1 is 1.26 bits per heavy atom. The lowest BCUT2D eigenvalue weighted by molar-refractivity contribution is 0.0732. The molecular weight excluding hydrogens is 358 g/mol. The summed E-state index contributed by atoms with van der Waals surface area (Å²) in [4.78, 5) is 23.0. The van der Waals surface area contributed by atoms with E-state index in [0.717, 1.165) is 33.5 Å². The zero-order valence-corrected chi connectivity index (χ0v) is 14.1. The third-order valence-electron chi connectivity index (χ3n) is 4.01. The maximum atomic E-state index is 12.7. The number of amides is 1. The van der Waals surface area contributed by atoms with E-state index in [4.69, 9.17) is 0 Å². The van der Waals surface area contributed by atoms with E-state index in [1.807, 2.05) is 28.6 Å². The SMILES string of the molecule is Cc1cc2ncc3c(n2n1)CCN(C(=O)c1cncc(Br)c1)C3. The summed E-state index contributed by atoms with van der Waals surface area (Å²) in [6.45, 7) is 3.17. The topological polar surface area (TPSA) is 63.4 Å². The average molecular weight is 372 g/mol. The van der Waals surface area contributed by atoms with Gasteiger partial charge in [0.05, 0.1) is 17.0 Å². The van der Waals surface area contributed by atoms with Gasteiger partial charge in [-0.15, -0.1) is 0 Å². The molecule has 3 aromatic rings. The van der Waals surface area contributed by atoms with Crippen LogP contribution in [-0.2, 0) is 13.0 Å². The Morgan fingerprint density at radius 2 is 2.13 bits per heavy atom. The van der Waals surface area contributed by atoms with E-state index in [1.54, 1.807) is 18.5 Å². The first kappa shape index (κ1) is 14.3. The van der Waals surface area contributed by atoms with Crippen LogP contribution in [0.2, 0.25) is 0 Å². The average Bonchev–Trinajstić information content (AvgIpc) is 2.94. The number of carbonyl (C=O) groups excluding carboxylic acids is 1. The van der Waals surface area contributed by atoms with E-state index in [2.05, 4.69) is 31.0 Å². The van der Waals surface area contributed by atoms with Crippen LogP contribution in [0, 0.1) is 6.92 Å². The van der Waals surface area contributed by atoms with Gasteiger partial charge in [-0.1, -0.05) is 0 Å². The van der Waals surface area contributed by atoms with Gasteiger partial charge in [0.1, 0.15) is 0 Å². The van der Waals surface area contributed by atoms with Crippen molar-refractivity contribution in [3.8, 4) is 0 Å². The van der Waals surface area contributed by atoms with E-state index >= 15 is 0 Å². The van der Waals surface area contributed by atoms with Crippen LogP contribution in [0.4, 0.5) is 0 Å². The van der Waals surface area contributed by atoms with Crippen LogP contribution in [0.15, 0.2) is 35.2 Å². The molecule has 0 N–H and O–H groups in total. The highest BCUT2D eigenvalue weighted by Gasteiger charge is 2.24. The second-order valence-corrected chi connectivity index (χ2v) is 6.57. The fraction of sp³-hybridized carbons (Fsp3) is 0.250. The van der Waals surface area contributed by atoms with Crippen LogP contribution in [0.25, 0.3) is 5.65 Å². The number of hydrogen-bond donors (Lipinski definition) is 0. The predicted octanol–water partition coefficient (Wildman–Crippen LogP) is 2.39. The third kappa shape index (κ3) is 2.50. The van der Waals surface area contributed by atoms with Crippen LogP contribution in [0.1, 0.15) is 27.3 Å². The van der Waals surface area contributed by atoms with Gasteiger partial charge in [-0.2, -0.15) is 5.10 Å². The van der Waals surface area contributed by atoms with E-state index in [0.29, 0.717) is 18.7 Å². The van der Waals surface area contributed by atoms with E-state index in [1.165, 1.54) is 0 Å². The molecular formula is C16H14BrN5O. The summed E-state index contributed by atoms with van der Waals surface area (Å²) in [5, 5.41) is 4.50. The normalized spacial score (nSPS) is 14.1. The quantitative estimate of drug-likeness (QED) is 0.658. The molecule has 0 bridgehead atoms. The molecule has 7 heteroatoms. The smallest absolute Gasteiger partial charge is 0.255 e. The Labute approximate surface area is 141 Å². The van der Waals surface area contributed by atoms with E-state index in [-0.39, 0.29) is 5.91 Å². The molecule has 1 amide bonds. The Hall–Kier alpha value is -2.28. The minimum absolute atomic E-state index is 0.0128. The Kier molecular flexibility index (Phi) is 3.37. The molecule has 4 heterocycles. The number of pyridine rings is 1. The molecule has 3 aromatic heterocycles. The summed E-state index contributed by atoms with van der Waals surface area (Å²) in [5.74, 6) is -0.0128. The van der Waals surface area contributed by atoms with Crippen molar-refractivity contribution in [3.63, 3.8) is 0 Å². The van der Waals surface area contributed by atoms with Gasteiger partial charge in [0.25, 0.3) is 5.91 Å². The predicted molar refractivity (Wildman–Crippen MR) is 88.1 cm³/mol. The number of aryl methyl sites for hydroxylation is 1. The van der Waals surface area contributed by atoms with Crippen LogP contribution >= 0.6 is 15.9 Å². The fourth-order valence-corrected chi connectivity index (χ4v) is 3.30. The molecule has 1 aliphatic rings. The second-order valence-electron chi connectivity index (χ2n) is 5.65. The summed E-state index contributed by atoms with van der Waals surface area (Å²) >= 11 is 3.35. The molecule has 0 saturated heterocycles. The number of fused-ring (bicyclic) bond motifs is 3. The molecule has 0 radical (unpaired) electrons. The molecule has 0 aliphatic carbocycles. The summed E-state index contributed by atoms with van der Waals surface area (Å²) in [5.41, 5.74) is 4.58. The summed E-state index contributed by atoms with van der Waals surface area (Å²) in [7, 11) is 0. The van der Waals surface area contributed by atoms with Gasteiger partial charge in [-0.25, -0.2) is 9.50 Å². The molecule has 4 rings (SSSR count). The molecule has 0 unspecified atom stereocenters. The highest BCUT2D eigenvalue weighted by Crippen LogP contribution is 2.21. The summed E-state index contributed by atoms with van der Waals surface area (Å²) < 4.78 is 2.70. The number of rotatable bonds is 1. The zero-order chi connectivity index (χ0) is 16.0. The first-order valence-corrected chi connectivity index (χ1v) is 8.14. The number of aromatic nitrogens is 4. The molecule has 116 valence electrons. The van der Waals surface area contributed by atoms with Gasteiger partial charge >= 0.3 is 0 Å². The zero-order valence-electron chi connectivity index (χ0n) is 12.5. The molecule has 0 saturated carbocycles. The van der Waals surface area contributed by atoms with Gasteiger partial charge < -0.3 is 4.90 Å². The van der Waals surface area contributed by atoms with Crippen molar-refractivity contribution in [1.29, 1.82) is 0 Å². The highest BCUT2D eigenvalue weighted by atomic mass is 79.9. The van der Waals surface area contributed by atoms with Crippen molar-refractivity contribution >= 4 is 27.5 Å². The van der Waals surface area contributed by atoms with Crippen molar-refractivity contribution in [2.45, 2.75) is 19.9 Å². The number of hydrogen-bond acceptors (Lipinski definition) is 4. The molecule has 1 aliphatic heterocycles. The lowest BCUT2D eigenvalue weighted by Gasteiger charge is -2.28. The lowest BCUT2D eigenvalue weighted by Crippen LogP contribution is -2.37. The minimum Gasteiger partial charge on any atom is -0.334 e. The first-order chi connectivity index (χ1) is 11.1. The van der Waals surface area contributed by atoms with E-state index in [9.17, 15) is 4.79 Å². The Balaban J connectivity index is 1.66. The first-order valence-electron chi connectivity index (χ1n) is 7.35. The molecule has 0 aromatic carbocycles. The molecule has 23 heavy (non-hydrogen) atoms. The van der Waals surface area contributed by atoms with Crippen molar-refractivity contribution in [3.05, 3.63) is 57.7 Å². The maximum Gasteiger partial charge on any atom is 0.255 e. The second kappa shape index (κ2) is 5.42. The number of carbonyl (C=O) groups is 1. The summed E-state index contributed by atoms with van der Waals surface area (Å²) in [6, 6.07) is 3.76. The van der Waals surface area contributed by atoms with Gasteiger partial charge in [-0.3, -0.25) is 9.78 Å². The molecule has 0 atom stereocenters. The van der Waals surface area contributed by atoms with Crippen molar-refractivity contribution in [1.82, 2.24) is 24.5 Å². The van der Waals surface area contributed by atoms with Crippen molar-refractivity contribution < 1.29 is 4.79 Å². The largest absolute Gasteiger partial charge is 0.334 e. The van der Waals surface area contributed by atoms with Crippen LogP contribution in [0.5, 0.6) is 0 Å². The van der Waals surface area contributed by atoms with Gasteiger partial charge in [0.2, 0.25) is 0 Å². The maximum absolute atomic E-state index is 12.7. The Bertz CT molecular complexity index is 920. The van der Waals surface area contributed by atoms with Crippen molar-refractivity contribution in [2.24, 2.45) is 0 Å².